The van der Waals surface area contributed by atoms with Crippen molar-refractivity contribution < 1.29 is 9.90 Å². The number of carbonyl (C=O) groups is 1. The molecule has 0 unspecified atom stereocenters. The van der Waals surface area contributed by atoms with E-state index in [2.05, 4.69) is 15.8 Å². The molecular weight excluding hydrogens is 226 g/mol. The van der Waals surface area contributed by atoms with E-state index < -0.39 is 5.97 Å². The van der Waals surface area contributed by atoms with Gasteiger partial charge in [0.15, 0.2) is 5.11 Å². The lowest BCUT2D eigenvalue weighted by molar-refractivity contribution is 0.0697. The fraction of sp³-hybridized carbons (Fsp3) is 0.100. The van der Waals surface area contributed by atoms with Gasteiger partial charge >= 0.3 is 5.97 Å². The van der Waals surface area contributed by atoms with Gasteiger partial charge in [0.25, 0.3) is 0 Å². The van der Waals surface area contributed by atoms with Crippen molar-refractivity contribution in [3.63, 3.8) is 0 Å². The SMILES string of the molecule is CNC(=S)N/N=C/c1ccc(C(=O)O)cc1. The van der Waals surface area contributed by atoms with Crippen LogP contribution >= 0.6 is 12.2 Å². The summed E-state index contributed by atoms with van der Waals surface area (Å²) in [4.78, 5) is 10.6. The maximum absolute atomic E-state index is 10.6. The van der Waals surface area contributed by atoms with Gasteiger partial charge in [0.2, 0.25) is 0 Å². The van der Waals surface area contributed by atoms with E-state index in [0.29, 0.717) is 5.11 Å². The molecule has 0 atom stereocenters. The van der Waals surface area contributed by atoms with Crippen molar-refractivity contribution in [3.8, 4) is 0 Å². The number of thiocarbonyl (C=S) groups is 1. The molecule has 3 N–H and O–H groups in total. The zero-order chi connectivity index (χ0) is 12.0. The summed E-state index contributed by atoms with van der Waals surface area (Å²) >= 11 is 4.81. The van der Waals surface area contributed by atoms with E-state index in [1.807, 2.05) is 0 Å². The van der Waals surface area contributed by atoms with Gasteiger partial charge in [-0.15, -0.1) is 0 Å². The van der Waals surface area contributed by atoms with Crippen LogP contribution in [0.3, 0.4) is 0 Å². The Balaban J connectivity index is 2.61. The molecule has 84 valence electrons. The lowest BCUT2D eigenvalue weighted by atomic mass is 10.1. The molecule has 1 aromatic carbocycles. The van der Waals surface area contributed by atoms with Crippen LogP contribution in [0.2, 0.25) is 0 Å². The summed E-state index contributed by atoms with van der Waals surface area (Å²) in [7, 11) is 1.69. The summed E-state index contributed by atoms with van der Waals surface area (Å²) < 4.78 is 0. The molecule has 0 amide bonds. The Morgan fingerprint density at radius 2 is 2.06 bits per heavy atom. The summed E-state index contributed by atoms with van der Waals surface area (Å²) in [5.74, 6) is -0.946. The van der Waals surface area contributed by atoms with Crippen LogP contribution in [-0.2, 0) is 0 Å². The number of carboxylic acid groups (broad SMARTS) is 1. The Labute approximate surface area is 98.2 Å². The highest BCUT2D eigenvalue weighted by atomic mass is 32.1. The number of nitrogens with one attached hydrogen (secondary N) is 2. The van der Waals surface area contributed by atoms with Gasteiger partial charge in [0.1, 0.15) is 0 Å². The normalized spacial score (nSPS) is 10.1. The molecule has 1 rings (SSSR count). The summed E-state index contributed by atoms with van der Waals surface area (Å²) in [6.45, 7) is 0. The maximum Gasteiger partial charge on any atom is 0.335 e. The lowest BCUT2D eigenvalue weighted by Gasteiger charge is -1.99. The number of rotatable bonds is 3. The predicted molar refractivity (Wildman–Crippen MR) is 65.8 cm³/mol. The van der Waals surface area contributed by atoms with Crippen LogP contribution in [0.5, 0.6) is 0 Å². The molecule has 0 fully saturated rings. The monoisotopic (exact) mass is 237 g/mol. The molecule has 0 aliphatic rings. The molecule has 16 heavy (non-hydrogen) atoms. The summed E-state index contributed by atoms with van der Waals surface area (Å²) in [5.41, 5.74) is 3.63. The number of hydrazone groups is 1. The number of hydrogen-bond acceptors (Lipinski definition) is 3. The van der Waals surface area contributed by atoms with Crippen LogP contribution in [0.15, 0.2) is 29.4 Å². The number of nitrogens with zero attached hydrogens (tertiary/aromatic N) is 1. The molecule has 6 heteroatoms. The third kappa shape index (κ3) is 3.66. The van der Waals surface area contributed by atoms with Crippen molar-refractivity contribution in [2.45, 2.75) is 0 Å². The smallest absolute Gasteiger partial charge is 0.335 e. The van der Waals surface area contributed by atoms with E-state index in [4.69, 9.17) is 17.3 Å². The number of carboxylic acids is 1. The van der Waals surface area contributed by atoms with E-state index >= 15 is 0 Å². The highest BCUT2D eigenvalue weighted by Crippen LogP contribution is 2.01. The number of benzene rings is 1. The molecular formula is C10H11N3O2S. The first-order valence-corrected chi connectivity index (χ1v) is 4.88. The summed E-state index contributed by atoms with van der Waals surface area (Å²) in [5, 5.41) is 15.7. The van der Waals surface area contributed by atoms with Crippen molar-refractivity contribution >= 4 is 29.5 Å². The molecule has 0 spiro atoms. The van der Waals surface area contributed by atoms with E-state index in [-0.39, 0.29) is 5.56 Å². The van der Waals surface area contributed by atoms with Crippen molar-refractivity contribution in [3.05, 3.63) is 35.4 Å². The Bertz CT molecular complexity index is 415. The second kappa shape index (κ2) is 5.82. The van der Waals surface area contributed by atoms with Crippen LogP contribution in [0.1, 0.15) is 15.9 Å². The fourth-order valence-corrected chi connectivity index (χ4v) is 0.986. The standard InChI is InChI=1S/C10H11N3O2S/c1-11-10(16)13-12-6-7-2-4-8(5-3-7)9(14)15/h2-6H,1H3,(H,14,15)(H2,11,13,16)/b12-6+. The van der Waals surface area contributed by atoms with Gasteiger partial charge in [-0.1, -0.05) is 12.1 Å². The highest BCUT2D eigenvalue weighted by Gasteiger charge is 1.99. The first-order chi connectivity index (χ1) is 7.63. The van der Waals surface area contributed by atoms with Gasteiger partial charge in [-0.25, -0.2) is 4.79 Å². The zero-order valence-electron chi connectivity index (χ0n) is 8.60. The summed E-state index contributed by atoms with van der Waals surface area (Å²) in [6, 6.07) is 6.36. The van der Waals surface area contributed by atoms with Crippen LogP contribution in [0.25, 0.3) is 0 Å². The Kier molecular flexibility index (Phi) is 4.41. The number of aromatic carboxylic acids is 1. The van der Waals surface area contributed by atoms with Crippen molar-refractivity contribution in [2.75, 3.05) is 7.05 Å². The molecule has 0 radical (unpaired) electrons. The molecule has 0 aromatic heterocycles. The van der Waals surface area contributed by atoms with Crippen LogP contribution in [0, 0.1) is 0 Å². The van der Waals surface area contributed by atoms with Gasteiger partial charge in [-0.2, -0.15) is 5.10 Å². The third-order valence-electron chi connectivity index (χ3n) is 1.76. The maximum atomic E-state index is 10.6. The fourth-order valence-electron chi connectivity index (χ4n) is 0.933. The molecule has 0 saturated carbocycles. The van der Waals surface area contributed by atoms with Gasteiger partial charge < -0.3 is 10.4 Å². The largest absolute Gasteiger partial charge is 0.478 e. The van der Waals surface area contributed by atoms with E-state index in [9.17, 15) is 4.79 Å². The molecule has 0 aliphatic heterocycles. The van der Waals surface area contributed by atoms with Gasteiger partial charge in [0.05, 0.1) is 11.8 Å². The van der Waals surface area contributed by atoms with Crippen molar-refractivity contribution in [2.24, 2.45) is 5.10 Å². The van der Waals surface area contributed by atoms with Crippen LogP contribution in [-0.4, -0.2) is 29.5 Å². The predicted octanol–water partition coefficient (Wildman–Crippen LogP) is 0.813. The first kappa shape index (κ1) is 12.1. The zero-order valence-corrected chi connectivity index (χ0v) is 9.41. The van der Waals surface area contributed by atoms with E-state index in [0.717, 1.165) is 5.56 Å². The second-order valence-corrected chi connectivity index (χ2v) is 3.28. The van der Waals surface area contributed by atoms with Gasteiger partial charge in [-0.05, 0) is 29.9 Å². The molecule has 0 bridgehead atoms. The van der Waals surface area contributed by atoms with Crippen molar-refractivity contribution in [1.82, 2.24) is 10.7 Å². The average Bonchev–Trinajstić information content (AvgIpc) is 2.29. The average molecular weight is 237 g/mol. The molecule has 0 heterocycles. The van der Waals surface area contributed by atoms with Crippen LogP contribution < -0.4 is 10.7 Å². The van der Waals surface area contributed by atoms with E-state index in [1.54, 1.807) is 25.4 Å². The Morgan fingerprint density at radius 3 is 2.56 bits per heavy atom. The first-order valence-electron chi connectivity index (χ1n) is 4.47. The minimum atomic E-state index is -0.946. The summed E-state index contributed by atoms with van der Waals surface area (Å²) in [6.07, 6.45) is 1.55. The third-order valence-corrected chi connectivity index (χ3v) is 2.06. The lowest BCUT2D eigenvalue weighted by Crippen LogP contribution is -2.28. The topological polar surface area (TPSA) is 73.7 Å². The van der Waals surface area contributed by atoms with Gasteiger partial charge in [0, 0.05) is 7.05 Å². The minimum absolute atomic E-state index is 0.246. The second-order valence-electron chi connectivity index (χ2n) is 2.88. The van der Waals surface area contributed by atoms with Gasteiger partial charge in [-0.3, -0.25) is 5.43 Å². The molecule has 0 saturated heterocycles. The Morgan fingerprint density at radius 1 is 1.44 bits per heavy atom. The Hall–Kier alpha value is -1.95. The van der Waals surface area contributed by atoms with Crippen LogP contribution in [0.4, 0.5) is 0 Å². The van der Waals surface area contributed by atoms with Crippen molar-refractivity contribution in [1.29, 1.82) is 0 Å². The molecule has 1 aromatic rings. The number of hydrogen-bond donors (Lipinski definition) is 3. The molecule has 5 nitrogen and oxygen atoms in total. The highest BCUT2D eigenvalue weighted by molar-refractivity contribution is 7.80. The minimum Gasteiger partial charge on any atom is -0.478 e. The quantitative estimate of drug-likeness (QED) is 0.412. The van der Waals surface area contributed by atoms with E-state index in [1.165, 1.54) is 12.1 Å². The molecule has 0 aliphatic carbocycles.